The highest BCUT2D eigenvalue weighted by Gasteiger charge is 2.13. The number of benzene rings is 2. The van der Waals surface area contributed by atoms with Gasteiger partial charge in [-0.2, -0.15) is 0 Å². The van der Waals surface area contributed by atoms with Gasteiger partial charge in [0.25, 0.3) is 0 Å². The van der Waals surface area contributed by atoms with E-state index in [0.29, 0.717) is 15.6 Å². The van der Waals surface area contributed by atoms with E-state index in [2.05, 4.69) is 0 Å². The molecule has 0 spiro atoms. The van der Waals surface area contributed by atoms with Crippen molar-refractivity contribution in [3.63, 3.8) is 0 Å². The summed E-state index contributed by atoms with van der Waals surface area (Å²) < 4.78 is 13.6. The molecule has 2 aromatic rings. The van der Waals surface area contributed by atoms with E-state index in [1.165, 1.54) is 6.07 Å². The van der Waals surface area contributed by atoms with E-state index >= 15 is 0 Å². The molecule has 88 valence electrons. The van der Waals surface area contributed by atoms with Crippen LogP contribution in [0.4, 0.5) is 4.39 Å². The maximum atomic E-state index is 13.6. The summed E-state index contributed by atoms with van der Waals surface area (Å²) in [6.45, 7) is 0. The summed E-state index contributed by atoms with van der Waals surface area (Å²) in [7, 11) is 0. The van der Waals surface area contributed by atoms with Crippen molar-refractivity contribution in [1.29, 1.82) is 0 Å². The van der Waals surface area contributed by atoms with Gasteiger partial charge in [-0.25, -0.2) is 4.39 Å². The standard InChI is InChI=1S/C13H10Cl2FN/c14-10-6-5-8(7-11(10)15)13(17)9-3-1-2-4-12(9)16/h1-7,13H,17H2. The summed E-state index contributed by atoms with van der Waals surface area (Å²) in [5.41, 5.74) is 7.16. The van der Waals surface area contributed by atoms with Crippen molar-refractivity contribution < 1.29 is 4.39 Å². The lowest BCUT2D eigenvalue weighted by Gasteiger charge is -2.14. The Morgan fingerprint density at radius 3 is 2.35 bits per heavy atom. The van der Waals surface area contributed by atoms with Gasteiger partial charge in [-0.1, -0.05) is 47.5 Å². The monoisotopic (exact) mass is 269 g/mol. The maximum Gasteiger partial charge on any atom is 0.128 e. The van der Waals surface area contributed by atoms with Crippen LogP contribution in [-0.4, -0.2) is 0 Å². The molecular weight excluding hydrogens is 260 g/mol. The Balaban J connectivity index is 2.40. The first-order chi connectivity index (χ1) is 8.09. The number of hydrogen-bond donors (Lipinski definition) is 1. The molecule has 0 aliphatic heterocycles. The van der Waals surface area contributed by atoms with Gasteiger partial charge < -0.3 is 5.73 Å². The fourth-order valence-electron chi connectivity index (χ4n) is 1.61. The van der Waals surface area contributed by atoms with E-state index in [0.717, 1.165) is 5.56 Å². The summed E-state index contributed by atoms with van der Waals surface area (Å²) >= 11 is 11.7. The summed E-state index contributed by atoms with van der Waals surface area (Å²) in [5.74, 6) is -0.328. The van der Waals surface area contributed by atoms with E-state index in [1.807, 2.05) is 0 Å². The molecule has 0 saturated heterocycles. The fourth-order valence-corrected chi connectivity index (χ4v) is 1.92. The predicted octanol–water partition coefficient (Wildman–Crippen LogP) is 4.18. The van der Waals surface area contributed by atoms with Crippen molar-refractivity contribution in [2.75, 3.05) is 0 Å². The second kappa shape index (κ2) is 5.05. The second-order valence-electron chi connectivity index (χ2n) is 3.67. The molecule has 4 heteroatoms. The number of nitrogens with two attached hydrogens (primary N) is 1. The van der Waals surface area contributed by atoms with Crippen molar-refractivity contribution in [3.05, 3.63) is 69.5 Å². The highest BCUT2D eigenvalue weighted by atomic mass is 35.5. The molecule has 0 aliphatic rings. The van der Waals surface area contributed by atoms with Crippen LogP contribution in [0.25, 0.3) is 0 Å². The van der Waals surface area contributed by atoms with Gasteiger partial charge >= 0.3 is 0 Å². The smallest absolute Gasteiger partial charge is 0.128 e. The zero-order chi connectivity index (χ0) is 12.4. The Hall–Kier alpha value is -1.09. The van der Waals surface area contributed by atoms with Gasteiger partial charge in [-0.3, -0.25) is 0 Å². The van der Waals surface area contributed by atoms with Crippen LogP contribution in [0.3, 0.4) is 0 Å². The van der Waals surface area contributed by atoms with Crippen LogP contribution in [0, 0.1) is 5.82 Å². The van der Waals surface area contributed by atoms with Gasteiger partial charge in [0.15, 0.2) is 0 Å². The Morgan fingerprint density at radius 1 is 1.00 bits per heavy atom. The zero-order valence-electron chi connectivity index (χ0n) is 8.83. The topological polar surface area (TPSA) is 26.0 Å². The molecule has 1 unspecified atom stereocenters. The van der Waals surface area contributed by atoms with Crippen LogP contribution in [-0.2, 0) is 0 Å². The van der Waals surface area contributed by atoms with E-state index in [9.17, 15) is 4.39 Å². The van der Waals surface area contributed by atoms with Crippen LogP contribution in [0.1, 0.15) is 17.2 Å². The average molecular weight is 270 g/mol. The molecule has 0 saturated carbocycles. The first kappa shape index (κ1) is 12.4. The van der Waals surface area contributed by atoms with Crippen LogP contribution >= 0.6 is 23.2 Å². The minimum Gasteiger partial charge on any atom is -0.320 e. The van der Waals surface area contributed by atoms with Crippen molar-refractivity contribution >= 4 is 23.2 Å². The molecule has 0 bridgehead atoms. The minimum atomic E-state index is -0.550. The Kier molecular flexibility index (Phi) is 3.67. The van der Waals surface area contributed by atoms with E-state index in [4.69, 9.17) is 28.9 Å². The largest absolute Gasteiger partial charge is 0.320 e. The van der Waals surface area contributed by atoms with Crippen LogP contribution < -0.4 is 5.73 Å². The first-order valence-corrected chi connectivity index (χ1v) is 5.80. The first-order valence-electron chi connectivity index (χ1n) is 5.04. The number of hydrogen-bond acceptors (Lipinski definition) is 1. The molecule has 2 rings (SSSR count). The number of rotatable bonds is 2. The Bertz CT molecular complexity index is 543. The van der Waals surface area contributed by atoms with Gasteiger partial charge in [-0.05, 0) is 23.8 Å². The molecule has 0 aliphatic carbocycles. The molecular formula is C13H10Cl2FN. The molecule has 0 amide bonds. The molecule has 0 radical (unpaired) electrons. The zero-order valence-corrected chi connectivity index (χ0v) is 10.3. The summed E-state index contributed by atoms with van der Waals surface area (Å²) in [6, 6.07) is 10.9. The van der Waals surface area contributed by atoms with Gasteiger partial charge in [0.2, 0.25) is 0 Å². The van der Waals surface area contributed by atoms with Crippen LogP contribution in [0.15, 0.2) is 42.5 Å². The lowest BCUT2D eigenvalue weighted by Crippen LogP contribution is -2.13. The van der Waals surface area contributed by atoms with Crippen molar-refractivity contribution in [3.8, 4) is 0 Å². The summed E-state index contributed by atoms with van der Waals surface area (Å²) in [4.78, 5) is 0. The highest BCUT2D eigenvalue weighted by Crippen LogP contribution is 2.28. The van der Waals surface area contributed by atoms with Gasteiger partial charge in [0.1, 0.15) is 5.82 Å². The van der Waals surface area contributed by atoms with E-state index in [1.54, 1.807) is 36.4 Å². The van der Waals surface area contributed by atoms with Crippen LogP contribution in [0.5, 0.6) is 0 Å². The molecule has 2 aromatic carbocycles. The third kappa shape index (κ3) is 2.60. The predicted molar refractivity (Wildman–Crippen MR) is 68.9 cm³/mol. The summed E-state index contributed by atoms with van der Waals surface area (Å²) in [5, 5.41) is 0.868. The molecule has 2 N–H and O–H groups in total. The van der Waals surface area contributed by atoms with Gasteiger partial charge in [-0.15, -0.1) is 0 Å². The van der Waals surface area contributed by atoms with E-state index < -0.39 is 6.04 Å². The van der Waals surface area contributed by atoms with Crippen molar-refractivity contribution in [2.24, 2.45) is 5.73 Å². The quantitative estimate of drug-likeness (QED) is 0.870. The molecule has 1 atom stereocenters. The third-order valence-electron chi connectivity index (χ3n) is 2.54. The summed E-state index contributed by atoms with van der Waals surface area (Å²) in [6.07, 6.45) is 0. The number of halogens is 3. The van der Waals surface area contributed by atoms with Gasteiger partial charge in [0, 0.05) is 5.56 Å². The third-order valence-corrected chi connectivity index (χ3v) is 3.28. The van der Waals surface area contributed by atoms with Crippen molar-refractivity contribution in [1.82, 2.24) is 0 Å². The van der Waals surface area contributed by atoms with Gasteiger partial charge in [0.05, 0.1) is 16.1 Å². The molecule has 0 aromatic heterocycles. The van der Waals surface area contributed by atoms with Crippen LogP contribution in [0.2, 0.25) is 10.0 Å². The molecule has 0 fully saturated rings. The molecule has 1 nitrogen and oxygen atoms in total. The maximum absolute atomic E-state index is 13.6. The Morgan fingerprint density at radius 2 is 1.71 bits per heavy atom. The minimum absolute atomic E-state index is 0.328. The average Bonchev–Trinajstić information content (AvgIpc) is 2.32. The lowest BCUT2D eigenvalue weighted by molar-refractivity contribution is 0.599. The molecule has 17 heavy (non-hydrogen) atoms. The second-order valence-corrected chi connectivity index (χ2v) is 4.49. The Labute approximate surface area is 109 Å². The highest BCUT2D eigenvalue weighted by molar-refractivity contribution is 6.42. The van der Waals surface area contributed by atoms with E-state index in [-0.39, 0.29) is 5.82 Å². The normalized spacial score (nSPS) is 12.5. The molecule has 0 heterocycles. The SMILES string of the molecule is NC(c1ccc(Cl)c(Cl)c1)c1ccccc1F. The fraction of sp³-hybridized carbons (Fsp3) is 0.0769. The van der Waals surface area contributed by atoms with Crippen molar-refractivity contribution in [2.45, 2.75) is 6.04 Å². The lowest BCUT2D eigenvalue weighted by atomic mass is 9.99.